The highest BCUT2D eigenvalue weighted by Gasteiger charge is 2.32. The van der Waals surface area contributed by atoms with E-state index in [1.165, 1.54) is 0 Å². The Morgan fingerprint density at radius 3 is 2.84 bits per heavy atom. The van der Waals surface area contributed by atoms with Crippen LogP contribution in [0.1, 0.15) is 31.9 Å². The molecule has 19 heavy (non-hydrogen) atoms. The molecule has 0 radical (unpaired) electrons. The van der Waals surface area contributed by atoms with Crippen molar-refractivity contribution in [2.24, 2.45) is 5.92 Å². The molecule has 4 heteroatoms. The highest BCUT2D eigenvalue weighted by molar-refractivity contribution is 5.51. The number of benzene rings is 1. The molecule has 1 aliphatic heterocycles. The summed E-state index contributed by atoms with van der Waals surface area (Å²) in [5.41, 5.74) is 1.55. The lowest BCUT2D eigenvalue weighted by Gasteiger charge is -2.28. The van der Waals surface area contributed by atoms with Gasteiger partial charge in [0.2, 0.25) is 0 Å². The predicted molar refractivity (Wildman–Crippen MR) is 75.9 cm³/mol. The van der Waals surface area contributed by atoms with Crippen molar-refractivity contribution < 1.29 is 9.50 Å². The number of hydrogen-bond donors (Lipinski definition) is 2. The number of nitrogens with one attached hydrogen (secondary N) is 1. The Labute approximate surface area is 114 Å². The Kier molecular flexibility index (Phi) is 4.42. The first kappa shape index (κ1) is 14.3. The molecule has 1 aromatic rings. The van der Waals surface area contributed by atoms with E-state index in [4.69, 9.17) is 0 Å². The first-order valence-electron chi connectivity index (χ1n) is 6.92. The minimum absolute atomic E-state index is 0.0297. The third kappa shape index (κ3) is 2.74. The van der Waals surface area contributed by atoms with Gasteiger partial charge >= 0.3 is 0 Å². The SMILES string of the molecule is CNC(C)c1ccc(N2CCC(C)C2CO)c(F)c1. The summed E-state index contributed by atoms with van der Waals surface area (Å²) in [7, 11) is 1.86. The zero-order valence-corrected chi connectivity index (χ0v) is 11.9. The maximum Gasteiger partial charge on any atom is 0.146 e. The Balaban J connectivity index is 2.26. The molecule has 1 fully saturated rings. The molecule has 0 amide bonds. The molecule has 0 aromatic heterocycles. The Morgan fingerprint density at radius 2 is 2.26 bits per heavy atom. The lowest BCUT2D eigenvalue weighted by atomic mass is 10.0. The molecule has 3 nitrogen and oxygen atoms in total. The number of anilines is 1. The third-order valence-corrected chi connectivity index (χ3v) is 4.28. The third-order valence-electron chi connectivity index (χ3n) is 4.28. The van der Waals surface area contributed by atoms with Crippen molar-refractivity contribution in [1.82, 2.24) is 5.32 Å². The minimum Gasteiger partial charge on any atom is -0.394 e. The van der Waals surface area contributed by atoms with E-state index in [9.17, 15) is 9.50 Å². The van der Waals surface area contributed by atoms with Crippen LogP contribution in [0.4, 0.5) is 10.1 Å². The van der Waals surface area contributed by atoms with Gasteiger partial charge in [0.05, 0.1) is 18.3 Å². The average molecular weight is 266 g/mol. The molecule has 2 N–H and O–H groups in total. The van der Waals surface area contributed by atoms with Gasteiger partial charge in [-0.3, -0.25) is 0 Å². The second-order valence-electron chi connectivity index (χ2n) is 5.43. The summed E-state index contributed by atoms with van der Waals surface area (Å²) in [5.74, 6) is 0.201. The van der Waals surface area contributed by atoms with Crippen LogP contribution in [0.2, 0.25) is 0 Å². The predicted octanol–water partition coefficient (Wildman–Crippen LogP) is 2.31. The van der Waals surface area contributed by atoms with Gasteiger partial charge < -0.3 is 15.3 Å². The first-order chi connectivity index (χ1) is 9.08. The van der Waals surface area contributed by atoms with Crippen LogP contribution in [0.3, 0.4) is 0 Å². The standard InChI is InChI=1S/C15H23FN2O/c1-10-6-7-18(15(10)9-19)14-5-4-12(8-13(14)16)11(2)17-3/h4-5,8,10-11,15,17,19H,6-7,9H2,1-3H3. The highest BCUT2D eigenvalue weighted by atomic mass is 19.1. The number of hydrogen-bond acceptors (Lipinski definition) is 3. The maximum absolute atomic E-state index is 14.3. The smallest absolute Gasteiger partial charge is 0.146 e. The van der Waals surface area contributed by atoms with E-state index in [1.807, 2.05) is 31.0 Å². The zero-order valence-electron chi connectivity index (χ0n) is 11.9. The first-order valence-corrected chi connectivity index (χ1v) is 6.92. The van der Waals surface area contributed by atoms with Crippen LogP contribution >= 0.6 is 0 Å². The van der Waals surface area contributed by atoms with E-state index >= 15 is 0 Å². The number of nitrogens with zero attached hydrogens (tertiary/aromatic N) is 1. The summed E-state index contributed by atoms with van der Waals surface area (Å²) < 4.78 is 14.3. The normalized spacial score (nSPS) is 24.8. The molecule has 3 unspecified atom stereocenters. The van der Waals surface area contributed by atoms with E-state index in [0.717, 1.165) is 18.5 Å². The largest absolute Gasteiger partial charge is 0.394 e. The molecule has 0 spiro atoms. The van der Waals surface area contributed by atoms with Crippen LogP contribution in [-0.2, 0) is 0 Å². The van der Waals surface area contributed by atoms with Gasteiger partial charge in [-0.15, -0.1) is 0 Å². The fourth-order valence-electron chi connectivity index (χ4n) is 2.78. The van der Waals surface area contributed by atoms with Gasteiger partial charge in [0, 0.05) is 12.6 Å². The van der Waals surface area contributed by atoms with Crippen molar-refractivity contribution in [3.05, 3.63) is 29.6 Å². The fraction of sp³-hybridized carbons (Fsp3) is 0.600. The molecule has 1 aromatic carbocycles. The van der Waals surface area contributed by atoms with Crippen LogP contribution in [0, 0.1) is 11.7 Å². The molecule has 2 rings (SSSR count). The van der Waals surface area contributed by atoms with Crippen LogP contribution in [0.5, 0.6) is 0 Å². The van der Waals surface area contributed by atoms with E-state index in [2.05, 4.69) is 12.2 Å². The molecule has 0 bridgehead atoms. The molecular formula is C15H23FN2O. The van der Waals surface area contributed by atoms with E-state index in [0.29, 0.717) is 11.6 Å². The summed E-state index contributed by atoms with van der Waals surface area (Å²) in [6.07, 6.45) is 0.999. The molecule has 0 saturated carbocycles. The topological polar surface area (TPSA) is 35.5 Å². The van der Waals surface area contributed by atoms with Crippen LogP contribution in [0.15, 0.2) is 18.2 Å². The molecule has 106 valence electrons. The van der Waals surface area contributed by atoms with Gasteiger partial charge in [-0.2, -0.15) is 0 Å². The van der Waals surface area contributed by atoms with E-state index < -0.39 is 0 Å². The van der Waals surface area contributed by atoms with Crippen molar-refractivity contribution in [2.45, 2.75) is 32.4 Å². The minimum atomic E-state index is -0.202. The summed E-state index contributed by atoms with van der Waals surface area (Å²) >= 11 is 0. The number of halogens is 1. The molecule has 1 heterocycles. The van der Waals surface area contributed by atoms with Gasteiger partial charge in [-0.1, -0.05) is 13.0 Å². The van der Waals surface area contributed by atoms with Crippen molar-refractivity contribution in [2.75, 3.05) is 25.1 Å². The van der Waals surface area contributed by atoms with Gasteiger partial charge in [0.15, 0.2) is 0 Å². The van der Waals surface area contributed by atoms with Crippen molar-refractivity contribution in [3.8, 4) is 0 Å². The van der Waals surface area contributed by atoms with Crippen LogP contribution < -0.4 is 10.2 Å². The Morgan fingerprint density at radius 1 is 1.53 bits per heavy atom. The number of aliphatic hydroxyl groups excluding tert-OH is 1. The molecule has 3 atom stereocenters. The Bertz CT molecular complexity index is 438. The second-order valence-corrected chi connectivity index (χ2v) is 5.43. The average Bonchev–Trinajstić information content (AvgIpc) is 2.78. The van der Waals surface area contributed by atoms with E-state index in [-0.39, 0.29) is 24.5 Å². The summed E-state index contributed by atoms with van der Waals surface area (Å²) in [6.45, 7) is 5.00. The van der Waals surface area contributed by atoms with Crippen molar-refractivity contribution in [3.63, 3.8) is 0 Å². The monoisotopic (exact) mass is 266 g/mol. The second kappa shape index (κ2) is 5.88. The molecular weight excluding hydrogens is 243 g/mol. The highest BCUT2D eigenvalue weighted by Crippen LogP contribution is 2.32. The van der Waals surface area contributed by atoms with Crippen LogP contribution in [0.25, 0.3) is 0 Å². The van der Waals surface area contributed by atoms with E-state index in [1.54, 1.807) is 6.07 Å². The quantitative estimate of drug-likeness (QED) is 0.878. The van der Waals surface area contributed by atoms with Gasteiger partial charge in [0.1, 0.15) is 5.82 Å². The van der Waals surface area contributed by atoms with Gasteiger partial charge in [-0.25, -0.2) is 4.39 Å². The van der Waals surface area contributed by atoms with Crippen molar-refractivity contribution >= 4 is 5.69 Å². The van der Waals surface area contributed by atoms with Gasteiger partial charge in [-0.05, 0) is 44.0 Å². The molecule has 0 aliphatic carbocycles. The summed E-state index contributed by atoms with van der Waals surface area (Å²) in [6, 6.07) is 5.54. The Hall–Kier alpha value is -1.13. The molecule has 1 saturated heterocycles. The summed E-state index contributed by atoms with van der Waals surface area (Å²) in [5, 5.41) is 12.6. The lowest BCUT2D eigenvalue weighted by Crippen LogP contribution is -2.35. The zero-order chi connectivity index (χ0) is 14.0. The lowest BCUT2D eigenvalue weighted by molar-refractivity contribution is 0.244. The molecule has 1 aliphatic rings. The fourth-order valence-corrected chi connectivity index (χ4v) is 2.78. The number of rotatable bonds is 4. The number of aliphatic hydroxyl groups is 1. The van der Waals surface area contributed by atoms with Crippen molar-refractivity contribution in [1.29, 1.82) is 0 Å². The van der Waals surface area contributed by atoms with Gasteiger partial charge in [0.25, 0.3) is 0 Å². The van der Waals surface area contributed by atoms with Crippen LogP contribution in [-0.4, -0.2) is 31.3 Å². The summed E-state index contributed by atoms with van der Waals surface area (Å²) in [4.78, 5) is 1.99. The maximum atomic E-state index is 14.3.